The SMILES string of the molecule is CC(C)(C)N1CC2CCC(C1)N2C(=N)N. The van der Waals surface area contributed by atoms with Crippen molar-refractivity contribution in [3.8, 4) is 0 Å². The molecule has 0 aromatic heterocycles. The largest absolute Gasteiger partial charge is 0.370 e. The van der Waals surface area contributed by atoms with E-state index < -0.39 is 0 Å². The summed E-state index contributed by atoms with van der Waals surface area (Å²) < 4.78 is 0. The highest BCUT2D eigenvalue weighted by Gasteiger charge is 2.43. The second-order valence-electron chi connectivity index (χ2n) is 5.75. The van der Waals surface area contributed by atoms with Gasteiger partial charge in [-0.2, -0.15) is 0 Å². The number of nitrogens with two attached hydrogens (primary N) is 1. The zero-order chi connectivity index (χ0) is 11.2. The van der Waals surface area contributed by atoms with Crippen LogP contribution < -0.4 is 5.73 Å². The Bertz CT molecular complexity index is 254. The van der Waals surface area contributed by atoms with Crippen molar-refractivity contribution in [1.29, 1.82) is 5.41 Å². The number of rotatable bonds is 0. The molecule has 2 unspecified atom stereocenters. The number of nitrogens with zero attached hydrogens (tertiary/aromatic N) is 2. The van der Waals surface area contributed by atoms with Crippen molar-refractivity contribution < 1.29 is 0 Å². The summed E-state index contributed by atoms with van der Waals surface area (Å²) in [4.78, 5) is 4.64. The molecule has 2 aliphatic heterocycles. The van der Waals surface area contributed by atoms with E-state index in [0.717, 1.165) is 13.1 Å². The molecular formula is C11H22N4. The third-order valence-electron chi connectivity index (χ3n) is 3.71. The van der Waals surface area contributed by atoms with Gasteiger partial charge in [-0.1, -0.05) is 0 Å². The van der Waals surface area contributed by atoms with Crippen LogP contribution in [0.1, 0.15) is 33.6 Å². The van der Waals surface area contributed by atoms with Gasteiger partial charge in [0.25, 0.3) is 0 Å². The van der Waals surface area contributed by atoms with Crippen molar-refractivity contribution in [3.05, 3.63) is 0 Å². The van der Waals surface area contributed by atoms with Crippen LogP contribution in [-0.4, -0.2) is 46.5 Å². The van der Waals surface area contributed by atoms with Gasteiger partial charge in [-0.05, 0) is 33.6 Å². The molecule has 0 saturated carbocycles. The number of hydrogen-bond donors (Lipinski definition) is 2. The maximum atomic E-state index is 7.60. The van der Waals surface area contributed by atoms with Crippen molar-refractivity contribution in [2.75, 3.05) is 13.1 Å². The van der Waals surface area contributed by atoms with E-state index >= 15 is 0 Å². The van der Waals surface area contributed by atoms with Gasteiger partial charge in [0.05, 0.1) is 0 Å². The summed E-state index contributed by atoms with van der Waals surface area (Å²) in [5.74, 6) is 0.260. The van der Waals surface area contributed by atoms with Crippen molar-refractivity contribution in [1.82, 2.24) is 9.80 Å². The van der Waals surface area contributed by atoms with Crippen LogP contribution in [0.2, 0.25) is 0 Å². The minimum absolute atomic E-state index is 0.240. The fraction of sp³-hybridized carbons (Fsp3) is 0.909. The van der Waals surface area contributed by atoms with Gasteiger partial charge in [-0.15, -0.1) is 0 Å². The fourth-order valence-electron chi connectivity index (χ4n) is 2.84. The monoisotopic (exact) mass is 210 g/mol. The lowest BCUT2D eigenvalue weighted by atomic mass is 10.0. The lowest BCUT2D eigenvalue weighted by Gasteiger charge is -2.46. The maximum absolute atomic E-state index is 7.60. The Labute approximate surface area is 91.9 Å². The highest BCUT2D eigenvalue weighted by atomic mass is 15.4. The molecule has 2 atom stereocenters. The summed E-state index contributed by atoms with van der Waals surface area (Å²) in [6.45, 7) is 8.89. The smallest absolute Gasteiger partial charge is 0.188 e. The number of fused-ring (bicyclic) bond motifs is 2. The van der Waals surface area contributed by atoms with Crippen LogP contribution >= 0.6 is 0 Å². The second-order valence-corrected chi connectivity index (χ2v) is 5.75. The summed E-state index contributed by atoms with van der Waals surface area (Å²) in [6.07, 6.45) is 2.38. The zero-order valence-corrected chi connectivity index (χ0v) is 9.95. The standard InChI is InChI=1S/C11H22N4/c1-11(2,3)14-6-8-4-5-9(7-14)15(8)10(12)13/h8-9H,4-7H2,1-3H3,(H3,12,13). The van der Waals surface area contributed by atoms with Crippen LogP contribution in [-0.2, 0) is 0 Å². The van der Waals surface area contributed by atoms with E-state index in [1.807, 2.05) is 0 Å². The highest BCUT2D eigenvalue weighted by Crippen LogP contribution is 2.32. The van der Waals surface area contributed by atoms with Gasteiger partial charge in [-0.25, -0.2) is 0 Å². The lowest BCUT2D eigenvalue weighted by molar-refractivity contribution is 0.0481. The molecule has 0 aliphatic carbocycles. The van der Waals surface area contributed by atoms with Gasteiger partial charge in [0.2, 0.25) is 0 Å². The van der Waals surface area contributed by atoms with E-state index in [1.165, 1.54) is 12.8 Å². The summed E-state index contributed by atoms with van der Waals surface area (Å²) in [5.41, 5.74) is 5.87. The Kier molecular flexibility index (Phi) is 2.41. The molecule has 2 fully saturated rings. The second kappa shape index (κ2) is 3.37. The third kappa shape index (κ3) is 1.83. The van der Waals surface area contributed by atoms with Gasteiger partial charge in [-0.3, -0.25) is 10.3 Å². The number of hydrogen-bond acceptors (Lipinski definition) is 2. The molecular weight excluding hydrogens is 188 g/mol. The number of piperazine rings is 1. The van der Waals surface area contributed by atoms with Crippen molar-refractivity contribution in [2.24, 2.45) is 5.73 Å². The van der Waals surface area contributed by atoms with Gasteiger partial charge in [0.15, 0.2) is 5.96 Å². The number of likely N-dealkylation sites (tertiary alicyclic amines) is 1. The van der Waals surface area contributed by atoms with E-state index in [-0.39, 0.29) is 11.5 Å². The first-order valence-corrected chi connectivity index (χ1v) is 5.77. The molecule has 86 valence electrons. The molecule has 2 heterocycles. The molecule has 0 amide bonds. The van der Waals surface area contributed by atoms with Crippen molar-refractivity contribution in [3.63, 3.8) is 0 Å². The van der Waals surface area contributed by atoms with E-state index in [1.54, 1.807) is 0 Å². The molecule has 0 aromatic carbocycles. The van der Waals surface area contributed by atoms with Gasteiger partial charge >= 0.3 is 0 Å². The first-order chi connectivity index (χ1) is 6.89. The summed E-state index contributed by atoms with van der Waals surface area (Å²) in [7, 11) is 0. The van der Waals surface area contributed by atoms with E-state index in [4.69, 9.17) is 11.1 Å². The first kappa shape index (κ1) is 10.7. The molecule has 2 aliphatic rings. The molecule has 3 N–H and O–H groups in total. The van der Waals surface area contributed by atoms with E-state index in [0.29, 0.717) is 12.1 Å². The van der Waals surface area contributed by atoms with Crippen LogP contribution in [0.5, 0.6) is 0 Å². The lowest BCUT2D eigenvalue weighted by Crippen LogP contribution is -2.61. The first-order valence-electron chi connectivity index (χ1n) is 5.77. The quantitative estimate of drug-likeness (QED) is 0.460. The third-order valence-corrected chi connectivity index (χ3v) is 3.71. The number of guanidine groups is 1. The normalized spacial score (nSPS) is 32.1. The minimum Gasteiger partial charge on any atom is -0.370 e. The molecule has 0 spiro atoms. The average Bonchev–Trinajstić information content (AvgIpc) is 2.35. The van der Waals surface area contributed by atoms with Crippen LogP contribution in [0, 0.1) is 5.41 Å². The Hall–Kier alpha value is -0.770. The van der Waals surface area contributed by atoms with Crippen LogP contribution in [0.4, 0.5) is 0 Å². The Morgan fingerprint density at radius 3 is 2.00 bits per heavy atom. The Morgan fingerprint density at radius 2 is 1.67 bits per heavy atom. The predicted octanol–water partition coefficient (Wildman–Crippen LogP) is 0.827. The summed E-state index contributed by atoms with van der Waals surface area (Å²) >= 11 is 0. The molecule has 4 nitrogen and oxygen atoms in total. The Morgan fingerprint density at radius 1 is 1.20 bits per heavy atom. The molecule has 2 bridgehead atoms. The average molecular weight is 210 g/mol. The number of nitrogens with one attached hydrogen (secondary N) is 1. The van der Waals surface area contributed by atoms with E-state index in [2.05, 4.69) is 30.6 Å². The Balaban J connectivity index is 2.11. The minimum atomic E-state index is 0.240. The molecule has 0 aromatic rings. The molecule has 15 heavy (non-hydrogen) atoms. The summed E-state index contributed by atoms with van der Waals surface area (Å²) in [6, 6.07) is 0.945. The van der Waals surface area contributed by atoms with Gasteiger partial charge in [0.1, 0.15) is 0 Å². The molecule has 4 heteroatoms. The van der Waals surface area contributed by atoms with Crippen LogP contribution in [0.3, 0.4) is 0 Å². The fourth-order valence-corrected chi connectivity index (χ4v) is 2.84. The van der Waals surface area contributed by atoms with Crippen molar-refractivity contribution in [2.45, 2.75) is 51.2 Å². The topological polar surface area (TPSA) is 56.4 Å². The van der Waals surface area contributed by atoms with E-state index in [9.17, 15) is 0 Å². The predicted molar refractivity (Wildman–Crippen MR) is 61.9 cm³/mol. The van der Waals surface area contributed by atoms with Gasteiger partial charge in [0, 0.05) is 30.7 Å². The van der Waals surface area contributed by atoms with Crippen LogP contribution in [0.25, 0.3) is 0 Å². The van der Waals surface area contributed by atoms with Gasteiger partial charge < -0.3 is 10.6 Å². The highest BCUT2D eigenvalue weighted by molar-refractivity contribution is 5.76. The molecule has 0 radical (unpaired) electrons. The van der Waals surface area contributed by atoms with Crippen molar-refractivity contribution >= 4 is 5.96 Å². The van der Waals surface area contributed by atoms with Crippen LogP contribution in [0.15, 0.2) is 0 Å². The molecule has 2 saturated heterocycles. The molecule has 2 rings (SSSR count). The maximum Gasteiger partial charge on any atom is 0.188 e. The zero-order valence-electron chi connectivity index (χ0n) is 9.95. The summed E-state index contributed by atoms with van der Waals surface area (Å²) in [5, 5.41) is 7.60.